The molecule has 0 aromatic heterocycles. The number of sulfonamides is 1. The number of benzene rings is 2. The second kappa shape index (κ2) is 5.51. The molecule has 8 heteroatoms. The lowest BCUT2D eigenvalue weighted by atomic mass is 10.2. The summed E-state index contributed by atoms with van der Waals surface area (Å²) >= 11 is 0. The molecule has 2 aromatic carbocycles. The van der Waals surface area contributed by atoms with Crippen LogP contribution in [0.15, 0.2) is 47.4 Å². The van der Waals surface area contributed by atoms with E-state index in [2.05, 4.69) is 0 Å². The van der Waals surface area contributed by atoms with Crippen LogP contribution >= 0.6 is 0 Å². The van der Waals surface area contributed by atoms with Crippen molar-refractivity contribution in [3.8, 4) is 11.5 Å². The summed E-state index contributed by atoms with van der Waals surface area (Å²) < 4.78 is 41.3. The molecule has 2 rings (SSSR count). The van der Waals surface area contributed by atoms with Gasteiger partial charge in [0.1, 0.15) is 22.2 Å². The molecule has 0 aliphatic heterocycles. The number of halogens is 1. The zero-order valence-corrected chi connectivity index (χ0v) is 11.4. The quantitative estimate of drug-likeness (QED) is 0.887. The van der Waals surface area contributed by atoms with Crippen molar-refractivity contribution in [2.45, 2.75) is 4.90 Å². The van der Waals surface area contributed by atoms with Crippen LogP contribution < -0.4 is 15.6 Å². The fraction of sp³-hybridized carbons (Fsp3) is 0. The maximum absolute atomic E-state index is 12.8. The number of carbonyl (C=O) groups is 1. The number of carbonyl (C=O) groups excluding carboxylic acids is 1. The average Bonchev–Trinajstić information content (AvgIpc) is 2.40. The molecular weight excluding hydrogens is 299 g/mol. The number of rotatable bonds is 4. The highest BCUT2D eigenvalue weighted by atomic mass is 32.2. The van der Waals surface area contributed by atoms with Crippen LogP contribution in [-0.4, -0.2) is 14.3 Å². The van der Waals surface area contributed by atoms with Gasteiger partial charge in [0.25, 0.3) is 0 Å². The first-order chi connectivity index (χ1) is 9.77. The van der Waals surface area contributed by atoms with Crippen LogP contribution in [0, 0.1) is 5.82 Å². The average molecular weight is 310 g/mol. The molecule has 0 fully saturated rings. The second-order valence-corrected chi connectivity index (χ2v) is 5.66. The first-order valence-electron chi connectivity index (χ1n) is 5.67. The molecule has 6 nitrogen and oxygen atoms in total. The van der Waals surface area contributed by atoms with Crippen molar-refractivity contribution < 1.29 is 22.3 Å². The normalized spacial score (nSPS) is 11.1. The Hall–Kier alpha value is -2.45. The zero-order valence-electron chi connectivity index (χ0n) is 10.6. The van der Waals surface area contributed by atoms with Crippen molar-refractivity contribution in [1.82, 2.24) is 0 Å². The lowest BCUT2D eigenvalue weighted by Gasteiger charge is -2.10. The van der Waals surface area contributed by atoms with Crippen LogP contribution in [0.25, 0.3) is 0 Å². The Labute approximate surface area is 120 Å². The predicted octanol–water partition coefficient (Wildman–Crippen LogP) is 1.36. The van der Waals surface area contributed by atoms with E-state index in [0.717, 1.165) is 18.2 Å². The van der Waals surface area contributed by atoms with Gasteiger partial charge in [-0.05, 0) is 42.5 Å². The Balaban J connectivity index is 2.48. The molecular formula is C13H11FN2O4S. The Bertz CT molecular complexity index is 788. The topological polar surface area (TPSA) is 112 Å². The van der Waals surface area contributed by atoms with Crippen molar-refractivity contribution in [3.63, 3.8) is 0 Å². The first-order valence-corrected chi connectivity index (χ1v) is 7.22. The van der Waals surface area contributed by atoms with Gasteiger partial charge in [-0.15, -0.1) is 0 Å². The van der Waals surface area contributed by atoms with Gasteiger partial charge in [-0.2, -0.15) is 0 Å². The van der Waals surface area contributed by atoms with E-state index < -0.39 is 21.7 Å². The Kier molecular flexibility index (Phi) is 3.92. The standard InChI is InChI=1S/C13H11FN2O4S/c14-9-2-4-10(5-3-9)20-11-6-1-8(13(15)17)7-12(11)21(16,18)19/h1-7H,(H2,15,17)(H2,16,18,19). The summed E-state index contributed by atoms with van der Waals surface area (Å²) in [7, 11) is -4.12. The van der Waals surface area contributed by atoms with E-state index in [1.165, 1.54) is 24.3 Å². The molecule has 4 N–H and O–H groups in total. The smallest absolute Gasteiger partial charge is 0.248 e. The number of hydrogen-bond acceptors (Lipinski definition) is 4. The fourth-order valence-electron chi connectivity index (χ4n) is 1.60. The van der Waals surface area contributed by atoms with Gasteiger partial charge in [0.05, 0.1) is 0 Å². The van der Waals surface area contributed by atoms with Gasteiger partial charge < -0.3 is 10.5 Å². The van der Waals surface area contributed by atoms with Crippen molar-refractivity contribution in [3.05, 3.63) is 53.8 Å². The highest BCUT2D eigenvalue weighted by molar-refractivity contribution is 7.89. The van der Waals surface area contributed by atoms with E-state index in [0.29, 0.717) is 0 Å². The molecule has 110 valence electrons. The van der Waals surface area contributed by atoms with Gasteiger partial charge in [0.15, 0.2) is 0 Å². The van der Waals surface area contributed by atoms with Crippen molar-refractivity contribution in [2.24, 2.45) is 10.9 Å². The number of primary sulfonamides is 1. The summed E-state index contributed by atoms with van der Waals surface area (Å²) in [6.07, 6.45) is 0. The summed E-state index contributed by atoms with van der Waals surface area (Å²) in [5.74, 6) is -1.13. The summed E-state index contributed by atoms with van der Waals surface area (Å²) in [5.41, 5.74) is 5.07. The molecule has 0 spiro atoms. The Morgan fingerprint density at radius 1 is 1.10 bits per heavy atom. The van der Waals surface area contributed by atoms with Gasteiger partial charge in [0, 0.05) is 5.56 Å². The van der Waals surface area contributed by atoms with Crippen molar-refractivity contribution >= 4 is 15.9 Å². The van der Waals surface area contributed by atoms with Crippen LogP contribution in [0.3, 0.4) is 0 Å². The van der Waals surface area contributed by atoms with Gasteiger partial charge in [-0.25, -0.2) is 17.9 Å². The van der Waals surface area contributed by atoms with E-state index in [9.17, 15) is 17.6 Å². The summed E-state index contributed by atoms with van der Waals surface area (Å²) in [4.78, 5) is 10.7. The van der Waals surface area contributed by atoms with E-state index in [-0.39, 0.29) is 22.0 Å². The van der Waals surface area contributed by atoms with Crippen LogP contribution in [0.1, 0.15) is 10.4 Å². The number of amides is 1. The van der Waals surface area contributed by atoms with Crippen LogP contribution in [0.2, 0.25) is 0 Å². The SMILES string of the molecule is NC(=O)c1ccc(Oc2ccc(F)cc2)c(S(N)(=O)=O)c1. The monoisotopic (exact) mass is 310 g/mol. The molecule has 0 bridgehead atoms. The Morgan fingerprint density at radius 2 is 1.71 bits per heavy atom. The summed E-state index contributed by atoms with van der Waals surface area (Å²) in [5, 5.41) is 5.08. The molecule has 0 heterocycles. The van der Waals surface area contributed by atoms with Crippen molar-refractivity contribution in [2.75, 3.05) is 0 Å². The van der Waals surface area contributed by atoms with E-state index in [4.69, 9.17) is 15.6 Å². The first kappa shape index (κ1) is 14.9. The molecule has 1 amide bonds. The fourth-order valence-corrected chi connectivity index (χ4v) is 2.28. The highest BCUT2D eigenvalue weighted by Crippen LogP contribution is 2.29. The predicted molar refractivity (Wildman–Crippen MR) is 72.8 cm³/mol. The van der Waals surface area contributed by atoms with E-state index in [1.54, 1.807) is 0 Å². The summed E-state index contributed by atoms with van der Waals surface area (Å²) in [6, 6.07) is 8.54. The van der Waals surface area contributed by atoms with Gasteiger partial charge in [-0.3, -0.25) is 4.79 Å². The molecule has 0 radical (unpaired) electrons. The van der Waals surface area contributed by atoms with Gasteiger partial charge >= 0.3 is 0 Å². The molecule has 0 aliphatic rings. The van der Waals surface area contributed by atoms with Gasteiger partial charge in [-0.1, -0.05) is 0 Å². The minimum atomic E-state index is -4.12. The van der Waals surface area contributed by atoms with Crippen molar-refractivity contribution in [1.29, 1.82) is 0 Å². The van der Waals surface area contributed by atoms with Crippen LogP contribution in [0.4, 0.5) is 4.39 Å². The van der Waals surface area contributed by atoms with Crippen LogP contribution in [-0.2, 0) is 10.0 Å². The molecule has 0 aliphatic carbocycles. The number of hydrogen-bond donors (Lipinski definition) is 2. The Morgan fingerprint density at radius 3 is 2.24 bits per heavy atom. The third kappa shape index (κ3) is 3.56. The number of nitrogens with two attached hydrogens (primary N) is 2. The number of primary amides is 1. The molecule has 0 atom stereocenters. The lowest BCUT2D eigenvalue weighted by Crippen LogP contribution is -2.16. The van der Waals surface area contributed by atoms with Crippen LogP contribution in [0.5, 0.6) is 11.5 Å². The third-order valence-corrected chi connectivity index (χ3v) is 3.51. The lowest BCUT2D eigenvalue weighted by molar-refractivity contribution is 0.1000. The van der Waals surface area contributed by atoms with E-state index in [1.807, 2.05) is 0 Å². The maximum atomic E-state index is 12.8. The van der Waals surface area contributed by atoms with E-state index >= 15 is 0 Å². The number of ether oxygens (including phenoxy) is 1. The summed E-state index contributed by atoms with van der Waals surface area (Å²) in [6.45, 7) is 0. The zero-order chi connectivity index (χ0) is 15.6. The molecule has 0 saturated heterocycles. The second-order valence-electron chi connectivity index (χ2n) is 4.13. The molecule has 21 heavy (non-hydrogen) atoms. The maximum Gasteiger partial charge on any atom is 0.248 e. The largest absolute Gasteiger partial charge is 0.456 e. The minimum absolute atomic E-state index is 0.0227. The third-order valence-electron chi connectivity index (χ3n) is 2.58. The highest BCUT2D eigenvalue weighted by Gasteiger charge is 2.18. The molecule has 0 saturated carbocycles. The minimum Gasteiger partial charge on any atom is -0.456 e. The molecule has 2 aromatic rings. The molecule has 0 unspecified atom stereocenters. The van der Waals surface area contributed by atoms with Gasteiger partial charge in [0.2, 0.25) is 15.9 Å².